The van der Waals surface area contributed by atoms with E-state index in [9.17, 15) is 4.39 Å². The molecule has 82 valence electrons. The van der Waals surface area contributed by atoms with E-state index in [0.717, 1.165) is 11.3 Å². The summed E-state index contributed by atoms with van der Waals surface area (Å²) < 4.78 is 12.6. The van der Waals surface area contributed by atoms with Crippen molar-refractivity contribution in [2.45, 2.75) is 13.5 Å². The van der Waals surface area contributed by atoms with E-state index in [4.69, 9.17) is 0 Å². The van der Waals surface area contributed by atoms with E-state index < -0.39 is 0 Å². The van der Waals surface area contributed by atoms with E-state index in [1.807, 2.05) is 25.3 Å². The van der Waals surface area contributed by atoms with Gasteiger partial charge in [-0.2, -0.15) is 0 Å². The van der Waals surface area contributed by atoms with Gasteiger partial charge in [-0.1, -0.05) is 6.07 Å². The molecule has 2 heterocycles. The molecular weight excluding hydrogens is 205 g/mol. The Bertz CT molecular complexity index is 405. The molecule has 0 aliphatic heterocycles. The highest BCUT2D eigenvalue weighted by atomic mass is 19.1. The van der Waals surface area contributed by atoms with Crippen molar-refractivity contribution in [2.75, 3.05) is 5.32 Å². The SMILES string of the molecule is Cc1ccc(CNc2ccc(F)cn2)cn1. The number of halogens is 1. The van der Waals surface area contributed by atoms with Crippen LogP contribution in [0.4, 0.5) is 10.2 Å². The monoisotopic (exact) mass is 217 g/mol. The molecule has 4 heteroatoms. The predicted molar refractivity (Wildman–Crippen MR) is 60.5 cm³/mol. The number of rotatable bonds is 3. The summed E-state index contributed by atoms with van der Waals surface area (Å²) in [5.41, 5.74) is 2.06. The first-order chi connectivity index (χ1) is 7.74. The summed E-state index contributed by atoms with van der Waals surface area (Å²) in [7, 11) is 0. The van der Waals surface area contributed by atoms with Crippen LogP contribution >= 0.6 is 0 Å². The maximum Gasteiger partial charge on any atom is 0.141 e. The first-order valence-corrected chi connectivity index (χ1v) is 5.01. The smallest absolute Gasteiger partial charge is 0.141 e. The minimum absolute atomic E-state index is 0.331. The van der Waals surface area contributed by atoms with Crippen LogP contribution in [0.5, 0.6) is 0 Å². The van der Waals surface area contributed by atoms with E-state index in [0.29, 0.717) is 12.4 Å². The molecule has 2 rings (SSSR count). The minimum atomic E-state index is -0.331. The van der Waals surface area contributed by atoms with E-state index >= 15 is 0 Å². The summed E-state index contributed by atoms with van der Waals surface area (Å²) in [6.07, 6.45) is 3.00. The molecule has 0 spiro atoms. The third-order valence-electron chi connectivity index (χ3n) is 2.17. The quantitative estimate of drug-likeness (QED) is 0.858. The van der Waals surface area contributed by atoms with Crippen molar-refractivity contribution in [1.29, 1.82) is 0 Å². The molecule has 0 aromatic carbocycles. The number of aryl methyl sites for hydroxylation is 1. The van der Waals surface area contributed by atoms with Crippen molar-refractivity contribution in [3.63, 3.8) is 0 Å². The average Bonchev–Trinajstić information content (AvgIpc) is 2.30. The molecular formula is C12H12FN3. The van der Waals surface area contributed by atoms with Gasteiger partial charge in [0.25, 0.3) is 0 Å². The second-order valence-electron chi connectivity index (χ2n) is 3.52. The molecule has 0 fully saturated rings. The van der Waals surface area contributed by atoms with Gasteiger partial charge < -0.3 is 5.32 Å². The first kappa shape index (κ1) is 10.5. The fraction of sp³-hybridized carbons (Fsp3) is 0.167. The Morgan fingerprint density at radius 2 is 2.00 bits per heavy atom. The van der Waals surface area contributed by atoms with E-state index in [1.54, 1.807) is 6.07 Å². The highest BCUT2D eigenvalue weighted by Gasteiger charge is 1.96. The zero-order chi connectivity index (χ0) is 11.4. The third-order valence-corrected chi connectivity index (χ3v) is 2.17. The van der Waals surface area contributed by atoms with Crippen molar-refractivity contribution in [1.82, 2.24) is 9.97 Å². The van der Waals surface area contributed by atoms with Crippen molar-refractivity contribution >= 4 is 5.82 Å². The van der Waals surface area contributed by atoms with Crippen LogP contribution in [-0.4, -0.2) is 9.97 Å². The van der Waals surface area contributed by atoms with Gasteiger partial charge in [-0.3, -0.25) is 4.98 Å². The van der Waals surface area contributed by atoms with Gasteiger partial charge in [0, 0.05) is 18.4 Å². The van der Waals surface area contributed by atoms with Crippen molar-refractivity contribution in [2.24, 2.45) is 0 Å². The molecule has 0 unspecified atom stereocenters. The molecule has 1 N–H and O–H groups in total. The maximum atomic E-state index is 12.6. The highest BCUT2D eigenvalue weighted by Crippen LogP contribution is 2.06. The Labute approximate surface area is 93.4 Å². The standard InChI is InChI=1S/C12H12FN3/c1-9-2-3-10(6-14-9)7-15-12-5-4-11(13)8-16-12/h2-6,8H,7H2,1H3,(H,15,16). The molecule has 0 radical (unpaired) electrons. The molecule has 0 amide bonds. The molecule has 16 heavy (non-hydrogen) atoms. The van der Waals surface area contributed by atoms with Crippen LogP contribution < -0.4 is 5.32 Å². The maximum absolute atomic E-state index is 12.6. The van der Waals surface area contributed by atoms with Gasteiger partial charge in [0.2, 0.25) is 0 Å². The number of hydrogen-bond acceptors (Lipinski definition) is 3. The number of anilines is 1. The molecule has 2 aromatic heterocycles. The average molecular weight is 217 g/mol. The number of pyridine rings is 2. The Hall–Kier alpha value is -1.97. The lowest BCUT2D eigenvalue weighted by atomic mass is 10.2. The zero-order valence-corrected chi connectivity index (χ0v) is 8.94. The van der Waals surface area contributed by atoms with E-state index in [2.05, 4.69) is 15.3 Å². The fourth-order valence-electron chi connectivity index (χ4n) is 1.28. The normalized spacial score (nSPS) is 10.1. The van der Waals surface area contributed by atoms with E-state index in [1.165, 1.54) is 12.3 Å². The Balaban J connectivity index is 1.97. The molecule has 0 bridgehead atoms. The molecule has 2 aromatic rings. The number of nitrogens with one attached hydrogen (secondary N) is 1. The lowest BCUT2D eigenvalue weighted by Gasteiger charge is -2.05. The summed E-state index contributed by atoms with van der Waals surface area (Å²) >= 11 is 0. The van der Waals surface area contributed by atoms with Crippen LogP contribution in [0.1, 0.15) is 11.3 Å². The fourth-order valence-corrected chi connectivity index (χ4v) is 1.28. The van der Waals surface area contributed by atoms with Crippen LogP contribution in [0.2, 0.25) is 0 Å². The molecule has 0 aliphatic carbocycles. The largest absolute Gasteiger partial charge is 0.366 e. The zero-order valence-electron chi connectivity index (χ0n) is 8.94. The van der Waals surface area contributed by atoms with Crippen LogP contribution in [0.15, 0.2) is 36.7 Å². The van der Waals surface area contributed by atoms with Gasteiger partial charge in [-0.05, 0) is 30.7 Å². The Morgan fingerprint density at radius 1 is 1.12 bits per heavy atom. The van der Waals surface area contributed by atoms with Crippen molar-refractivity contribution in [3.8, 4) is 0 Å². The Kier molecular flexibility index (Phi) is 3.10. The lowest BCUT2D eigenvalue weighted by molar-refractivity contribution is 0.621. The van der Waals surface area contributed by atoms with Gasteiger partial charge in [0.15, 0.2) is 0 Å². The second kappa shape index (κ2) is 4.70. The summed E-state index contributed by atoms with van der Waals surface area (Å²) in [6.45, 7) is 2.57. The van der Waals surface area contributed by atoms with Crippen LogP contribution in [0, 0.1) is 12.7 Å². The number of nitrogens with zero attached hydrogens (tertiary/aromatic N) is 2. The highest BCUT2D eigenvalue weighted by molar-refractivity contribution is 5.34. The van der Waals surface area contributed by atoms with Crippen molar-refractivity contribution < 1.29 is 4.39 Å². The first-order valence-electron chi connectivity index (χ1n) is 5.01. The summed E-state index contributed by atoms with van der Waals surface area (Å²) in [5.74, 6) is 0.324. The van der Waals surface area contributed by atoms with Crippen molar-refractivity contribution in [3.05, 3.63) is 53.7 Å². The molecule has 3 nitrogen and oxygen atoms in total. The summed E-state index contributed by atoms with van der Waals surface area (Å²) in [6, 6.07) is 6.94. The van der Waals surface area contributed by atoms with Crippen LogP contribution in [0.3, 0.4) is 0 Å². The Morgan fingerprint density at radius 3 is 2.62 bits per heavy atom. The van der Waals surface area contributed by atoms with Crippen LogP contribution in [0.25, 0.3) is 0 Å². The van der Waals surface area contributed by atoms with E-state index in [-0.39, 0.29) is 5.82 Å². The summed E-state index contributed by atoms with van der Waals surface area (Å²) in [5, 5.41) is 3.09. The predicted octanol–water partition coefficient (Wildman–Crippen LogP) is 2.54. The third kappa shape index (κ3) is 2.76. The van der Waals surface area contributed by atoms with Gasteiger partial charge in [-0.15, -0.1) is 0 Å². The summed E-state index contributed by atoms with van der Waals surface area (Å²) in [4.78, 5) is 8.09. The number of aromatic nitrogens is 2. The molecule has 0 aliphatic rings. The lowest BCUT2D eigenvalue weighted by Crippen LogP contribution is -2.01. The van der Waals surface area contributed by atoms with Gasteiger partial charge in [0.05, 0.1) is 6.20 Å². The number of hydrogen-bond donors (Lipinski definition) is 1. The molecule has 0 saturated carbocycles. The minimum Gasteiger partial charge on any atom is -0.366 e. The van der Waals surface area contributed by atoms with Gasteiger partial charge >= 0.3 is 0 Å². The molecule has 0 saturated heterocycles. The second-order valence-corrected chi connectivity index (χ2v) is 3.52. The van der Waals surface area contributed by atoms with Crippen LogP contribution in [-0.2, 0) is 6.54 Å². The van der Waals surface area contributed by atoms with Gasteiger partial charge in [0.1, 0.15) is 11.6 Å². The molecule has 0 atom stereocenters. The topological polar surface area (TPSA) is 37.8 Å². The van der Waals surface area contributed by atoms with Gasteiger partial charge in [-0.25, -0.2) is 9.37 Å².